The first-order valence-corrected chi connectivity index (χ1v) is 7.01. The van der Waals surface area contributed by atoms with Crippen molar-refractivity contribution in [1.82, 2.24) is 4.98 Å². The summed E-state index contributed by atoms with van der Waals surface area (Å²) in [5.74, 6) is 0.831. The highest BCUT2D eigenvalue weighted by Gasteiger charge is 2.05. The number of nitrogens with one attached hydrogen (secondary N) is 1. The molecule has 0 aliphatic rings. The number of methoxy groups -OCH3 is 1. The Morgan fingerprint density at radius 3 is 2.85 bits per heavy atom. The molecule has 2 aromatic rings. The van der Waals surface area contributed by atoms with Crippen molar-refractivity contribution >= 4 is 16.6 Å². The molecule has 1 N–H and O–H groups in total. The maximum Gasteiger partial charge on any atom is 0.121 e. The Balaban J connectivity index is 2.15. The number of anilines is 1. The summed E-state index contributed by atoms with van der Waals surface area (Å²) in [7, 11) is 1.67. The molecule has 0 atom stereocenters. The lowest BCUT2D eigenvalue weighted by Gasteiger charge is -2.11. The number of aromatic nitrogens is 1. The van der Waals surface area contributed by atoms with E-state index in [2.05, 4.69) is 16.4 Å². The van der Waals surface area contributed by atoms with Crippen LogP contribution in [-0.2, 0) is 4.74 Å². The van der Waals surface area contributed by atoms with Crippen LogP contribution in [0.5, 0.6) is 5.75 Å². The second-order valence-corrected chi connectivity index (χ2v) is 4.67. The lowest BCUT2D eigenvalue weighted by atomic mass is 10.1. The first kappa shape index (κ1) is 14.6. The Kier molecular flexibility index (Phi) is 5.18. The van der Waals surface area contributed by atoms with E-state index in [-0.39, 0.29) is 0 Å². The predicted molar refractivity (Wildman–Crippen MR) is 82.6 cm³/mol. The Bertz CT molecular complexity index is 570. The van der Waals surface area contributed by atoms with Crippen molar-refractivity contribution in [1.29, 1.82) is 0 Å². The van der Waals surface area contributed by atoms with Gasteiger partial charge in [-0.15, -0.1) is 0 Å². The van der Waals surface area contributed by atoms with Gasteiger partial charge in [0, 0.05) is 42.6 Å². The summed E-state index contributed by atoms with van der Waals surface area (Å²) in [4.78, 5) is 4.56. The first-order valence-electron chi connectivity index (χ1n) is 7.01. The number of aryl methyl sites for hydroxylation is 1. The molecule has 108 valence electrons. The molecular formula is C16H22N2O2. The summed E-state index contributed by atoms with van der Waals surface area (Å²) >= 11 is 0. The topological polar surface area (TPSA) is 43.4 Å². The maximum absolute atomic E-state index is 5.34. The number of fused-ring (bicyclic) bond motifs is 1. The van der Waals surface area contributed by atoms with Crippen LogP contribution >= 0.6 is 0 Å². The van der Waals surface area contributed by atoms with E-state index in [1.54, 1.807) is 7.11 Å². The van der Waals surface area contributed by atoms with E-state index < -0.39 is 0 Å². The minimum Gasteiger partial charge on any atom is -0.497 e. The van der Waals surface area contributed by atoms with Crippen LogP contribution in [0.3, 0.4) is 0 Å². The van der Waals surface area contributed by atoms with Crippen molar-refractivity contribution in [2.75, 3.05) is 32.2 Å². The van der Waals surface area contributed by atoms with Crippen LogP contribution in [0.1, 0.15) is 19.0 Å². The van der Waals surface area contributed by atoms with E-state index in [1.807, 2.05) is 32.0 Å². The molecule has 0 fully saturated rings. The zero-order valence-electron chi connectivity index (χ0n) is 12.4. The molecule has 0 saturated carbocycles. The van der Waals surface area contributed by atoms with Crippen LogP contribution < -0.4 is 10.1 Å². The standard InChI is InChI=1S/C16H22N2O2/c1-4-20-9-5-8-17-15-10-12(2)18-16-11-13(19-3)6-7-14(15)16/h6-7,10-11H,4-5,8-9H2,1-3H3,(H,17,18). The molecule has 0 amide bonds. The summed E-state index contributed by atoms with van der Waals surface area (Å²) in [5.41, 5.74) is 3.07. The lowest BCUT2D eigenvalue weighted by molar-refractivity contribution is 0.147. The van der Waals surface area contributed by atoms with Gasteiger partial charge in [0.25, 0.3) is 0 Å². The smallest absolute Gasteiger partial charge is 0.121 e. The molecule has 1 heterocycles. The van der Waals surface area contributed by atoms with Crippen LogP contribution in [0.2, 0.25) is 0 Å². The van der Waals surface area contributed by atoms with Crippen molar-refractivity contribution in [2.45, 2.75) is 20.3 Å². The molecule has 0 aliphatic heterocycles. The molecule has 4 nitrogen and oxygen atoms in total. The Morgan fingerprint density at radius 1 is 1.25 bits per heavy atom. The zero-order valence-corrected chi connectivity index (χ0v) is 12.4. The first-order chi connectivity index (χ1) is 9.74. The third-order valence-corrected chi connectivity index (χ3v) is 3.13. The van der Waals surface area contributed by atoms with Crippen molar-refractivity contribution in [3.8, 4) is 5.75 Å². The monoisotopic (exact) mass is 274 g/mol. The van der Waals surface area contributed by atoms with Gasteiger partial charge in [-0.2, -0.15) is 0 Å². The number of pyridine rings is 1. The van der Waals surface area contributed by atoms with Crippen molar-refractivity contribution in [3.05, 3.63) is 30.0 Å². The molecular weight excluding hydrogens is 252 g/mol. The summed E-state index contributed by atoms with van der Waals surface area (Å²) in [6, 6.07) is 8.05. The fraction of sp³-hybridized carbons (Fsp3) is 0.438. The number of ether oxygens (including phenoxy) is 2. The summed E-state index contributed by atoms with van der Waals surface area (Å²) in [5, 5.41) is 4.58. The fourth-order valence-corrected chi connectivity index (χ4v) is 2.16. The van der Waals surface area contributed by atoms with Gasteiger partial charge in [-0.05, 0) is 38.5 Å². The van der Waals surface area contributed by atoms with Crippen LogP contribution in [0.25, 0.3) is 10.9 Å². The molecule has 0 saturated heterocycles. The lowest BCUT2D eigenvalue weighted by Crippen LogP contribution is -2.06. The number of benzene rings is 1. The highest BCUT2D eigenvalue weighted by Crippen LogP contribution is 2.26. The van der Waals surface area contributed by atoms with Gasteiger partial charge in [0.2, 0.25) is 0 Å². The molecule has 4 heteroatoms. The number of rotatable bonds is 7. The molecule has 0 spiro atoms. The molecule has 20 heavy (non-hydrogen) atoms. The van der Waals surface area contributed by atoms with Gasteiger partial charge in [-0.25, -0.2) is 0 Å². The molecule has 0 radical (unpaired) electrons. The third kappa shape index (κ3) is 3.61. The van der Waals surface area contributed by atoms with E-state index in [4.69, 9.17) is 9.47 Å². The largest absolute Gasteiger partial charge is 0.497 e. The van der Waals surface area contributed by atoms with Crippen molar-refractivity contribution in [3.63, 3.8) is 0 Å². The number of nitrogens with zero attached hydrogens (tertiary/aromatic N) is 1. The Morgan fingerprint density at radius 2 is 2.10 bits per heavy atom. The molecule has 1 aromatic heterocycles. The third-order valence-electron chi connectivity index (χ3n) is 3.13. The van der Waals surface area contributed by atoms with Gasteiger partial charge in [-0.3, -0.25) is 4.98 Å². The van der Waals surface area contributed by atoms with Crippen LogP contribution in [-0.4, -0.2) is 31.9 Å². The minimum absolute atomic E-state index is 0.775. The second kappa shape index (κ2) is 7.10. The average molecular weight is 274 g/mol. The van der Waals surface area contributed by atoms with Gasteiger partial charge in [0.05, 0.1) is 12.6 Å². The highest BCUT2D eigenvalue weighted by molar-refractivity contribution is 5.92. The van der Waals surface area contributed by atoms with Crippen molar-refractivity contribution < 1.29 is 9.47 Å². The molecule has 0 unspecified atom stereocenters. The van der Waals surface area contributed by atoms with E-state index in [0.717, 1.165) is 54.2 Å². The highest BCUT2D eigenvalue weighted by atomic mass is 16.5. The predicted octanol–water partition coefficient (Wildman–Crippen LogP) is 3.39. The van der Waals surface area contributed by atoms with E-state index in [1.165, 1.54) is 0 Å². The summed E-state index contributed by atoms with van der Waals surface area (Å²) < 4.78 is 10.6. The van der Waals surface area contributed by atoms with Crippen LogP contribution in [0.15, 0.2) is 24.3 Å². The molecule has 1 aromatic carbocycles. The van der Waals surface area contributed by atoms with Gasteiger partial charge in [0.1, 0.15) is 5.75 Å². The normalized spacial score (nSPS) is 10.8. The van der Waals surface area contributed by atoms with E-state index in [0.29, 0.717) is 0 Å². The fourth-order valence-electron chi connectivity index (χ4n) is 2.16. The minimum atomic E-state index is 0.775. The quantitative estimate of drug-likeness (QED) is 0.786. The van der Waals surface area contributed by atoms with E-state index >= 15 is 0 Å². The second-order valence-electron chi connectivity index (χ2n) is 4.67. The summed E-state index contributed by atoms with van der Waals surface area (Å²) in [6.07, 6.45) is 0.993. The van der Waals surface area contributed by atoms with Crippen LogP contribution in [0, 0.1) is 6.92 Å². The van der Waals surface area contributed by atoms with Gasteiger partial charge in [-0.1, -0.05) is 0 Å². The molecule has 2 rings (SSSR count). The van der Waals surface area contributed by atoms with Gasteiger partial charge in [0.15, 0.2) is 0 Å². The summed E-state index contributed by atoms with van der Waals surface area (Å²) in [6.45, 7) is 6.48. The average Bonchev–Trinajstić information content (AvgIpc) is 2.46. The maximum atomic E-state index is 5.34. The molecule has 0 bridgehead atoms. The number of hydrogen-bond acceptors (Lipinski definition) is 4. The van der Waals surface area contributed by atoms with Gasteiger partial charge >= 0.3 is 0 Å². The zero-order chi connectivity index (χ0) is 14.4. The van der Waals surface area contributed by atoms with Gasteiger partial charge < -0.3 is 14.8 Å². The van der Waals surface area contributed by atoms with Crippen molar-refractivity contribution in [2.24, 2.45) is 0 Å². The van der Waals surface area contributed by atoms with E-state index in [9.17, 15) is 0 Å². The number of hydrogen-bond donors (Lipinski definition) is 1. The Labute approximate surface area is 120 Å². The Hall–Kier alpha value is -1.81. The van der Waals surface area contributed by atoms with Crippen LogP contribution in [0.4, 0.5) is 5.69 Å². The SMILES string of the molecule is CCOCCCNc1cc(C)nc2cc(OC)ccc12. The molecule has 0 aliphatic carbocycles.